The highest BCUT2D eigenvalue weighted by molar-refractivity contribution is 7.90. The summed E-state index contributed by atoms with van der Waals surface area (Å²) in [6.45, 7) is 1.43. The molecular formula is C23H24FN3O3S. The van der Waals surface area contributed by atoms with Crippen molar-refractivity contribution >= 4 is 21.8 Å². The van der Waals surface area contributed by atoms with E-state index < -0.39 is 10.0 Å². The first-order valence-corrected chi connectivity index (χ1v) is 12.1. The van der Waals surface area contributed by atoms with Crippen molar-refractivity contribution in [2.45, 2.75) is 43.2 Å². The Balaban J connectivity index is 1.28. The first-order chi connectivity index (χ1) is 14.9. The van der Waals surface area contributed by atoms with Gasteiger partial charge in [0.1, 0.15) is 10.7 Å². The van der Waals surface area contributed by atoms with E-state index in [0.29, 0.717) is 49.4 Å². The Bertz CT molecular complexity index is 1150. The summed E-state index contributed by atoms with van der Waals surface area (Å²) in [5.41, 5.74) is 1.17. The summed E-state index contributed by atoms with van der Waals surface area (Å²) in [6, 6.07) is 13.7. The molecule has 3 aliphatic rings. The van der Waals surface area contributed by atoms with Crippen molar-refractivity contribution in [2.24, 2.45) is 10.3 Å². The Morgan fingerprint density at radius 1 is 1.03 bits per heavy atom. The third-order valence-corrected chi connectivity index (χ3v) is 7.65. The van der Waals surface area contributed by atoms with Crippen LogP contribution in [0.1, 0.15) is 36.8 Å². The summed E-state index contributed by atoms with van der Waals surface area (Å²) in [7, 11) is -3.65. The zero-order chi connectivity index (χ0) is 21.6. The number of amidine groups is 1. The molecule has 1 amide bonds. The average Bonchev–Trinajstić information content (AvgIpc) is 3.58. The molecule has 31 heavy (non-hydrogen) atoms. The van der Waals surface area contributed by atoms with Gasteiger partial charge < -0.3 is 9.80 Å². The maximum absolute atomic E-state index is 14.1. The van der Waals surface area contributed by atoms with Gasteiger partial charge in [0.05, 0.1) is 0 Å². The summed E-state index contributed by atoms with van der Waals surface area (Å²) in [6.07, 6.45) is 3.18. The molecule has 0 bridgehead atoms. The fourth-order valence-electron chi connectivity index (χ4n) is 4.47. The van der Waals surface area contributed by atoms with Gasteiger partial charge in [0.2, 0.25) is 5.91 Å². The highest BCUT2D eigenvalue weighted by Crippen LogP contribution is 2.34. The van der Waals surface area contributed by atoms with Crippen molar-refractivity contribution < 1.29 is 17.6 Å². The molecule has 0 N–H and O–H groups in total. The fourth-order valence-corrected chi connectivity index (χ4v) is 5.70. The fraction of sp³-hybridized carbons (Fsp3) is 0.391. The molecule has 0 aromatic heterocycles. The van der Waals surface area contributed by atoms with Crippen LogP contribution in [0.3, 0.4) is 0 Å². The Labute approximate surface area is 181 Å². The van der Waals surface area contributed by atoms with Gasteiger partial charge in [-0.05, 0) is 43.9 Å². The Hall–Kier alpha value is -2.74. The summed E-state index contributed by atoms with van der Waals surface area (Å²) in [4.78, 5) is 17.3. The van der Waals surface area contributed by atoms with E-state index in [2.05, 4.69) is 4.40 Å². The highest BCUT2D eigenvalue weighted by atomic mass is 32.2. The van der Waals surface area contributed by atoms with Crippen LogP contribution in [0.2, 0.25) is 0 Å². The van der Waals surface area contributed by atoms with Gasteiger partial charge in [-0.25, -0.2) is 4.39 Å². The lowest BCUT2D eigenvalue weighted by Crippen LogP contribution is -2.45. The predicted octanol–water partition coefficient (Wildman–Crippen LogP) is 3.18. The number of rotatable bonds is 4. The number of nitrogens with zero attached hydrogens (tertiary/aromatic N) is 3. The normalized spacial score (nSPS) is 20.3. The smallest absolute Gasteiger partial charge is 0.285 e. The Morgan fingerprint density at radius 2 is 1.71 bits per heavy atom. The van der Waals surface area contributed by atoms with E-state index in [4.69, 9.17) is 0 Å². The standard InChI is InChI=1S/C23H24FN3O3S/c24-20-7-3-1-5-17(20)15-27(18-9-10-18)23(28)16-11-13-26(14-12-16)22-19-6-2-4-8-21(19)31(29,30)25-22/h1-8,16,18H,9-15H2. The molecule has 162 valence electrons. The quantitative estimate of drug-likeness (QED) is 0.731. The molecular weight excluding hydrogens is 417 g/mol. The van der Waals surface area contributed by atoms with Gasteiger partial charge in [0, 0.05) is 42.7 Å². The van der Waals surface area contributed by atoms with E-state index in [9.17, 15) is 17.6 Å². The number of amides is 1. The third-order valence-electron chi connectivity index (χ3n) is 6.33. The minimum atomic E-state index is -3.65. The molecule has 8 heteroatoms. The maximum Gasteiger partial charge on any atom is 0.285 e. The van der Waals surface area contributed by atoms with E-state index in [1.54, 1.807) is 36.4 Å². The second kappa shape index (κ2) is 7.75. The van der Waals surface area contributed by atoms with Crippen LogP contribution in [0.25, 0.3) is 0 Å². The summed E-state index contributed by atoms with van der Waals surface area (Å²) < 4.78 is 42.8. The lowest BCUT2D eigenvalue weighted by atomic mass is 9.94. The molecule has 2 aromatic carbocycles. The number of piperidine rings is 1. The zero-order valence-electron chi connectivity index (χ0n) is 17.1. The summed E-state index contributed by atoms with van der Waals surface area (Å²) in [5, 5.41) is 0. The van der Waals surface area contributed by atoms with Crippen LogP contribution < -0.4 is 0 Å². The minimum Gasteiger partial charge on any atom is -0.355 e. The van der Waals surface area contributed by atoms with Gasteiger partial charge in [-0.3, -0.25) is 4.79 Å². The molecule has 2 heterocycles. The number of likely N-dealkylation sites (tertiary alicyclic amines) is 1. The second-order valence-corrected chi connectivity index (χ2v) is 10.0. The number of hydrogen-bond acceptors (Lipinski definition) is 4. The molecule has 5 rings (SSSR count). The van der Waals surface area contributed by atoms with Crippen LogP contribution in [-0.2, 0) is 21.4 Å². The molecule has 0 spiro atoms. The van der Waals surface area contributed by atoms with Gasteiger partial charge in [0.15, 0.2) is 5.84 Å². The number of hydrogen-bond donors (Lipinski definition) is 0. The number of carbonyl (C=O) groups excluding carboxylic acids is 1. The van der Waals surface area contributed by atoms with Crippen LogP contribution >= 0.6 is 0 Å². The molecule has 1 saturated carbocycles. The van der Waals surface area contributed by atoms with Crippen LogP contribution in [0, 0.1) is 11.7 Å². The van der Waals surface area contributed by atoms with Crippen LogP contribution in [-0.4, -0.2) is 49.1 Å². The predicted molar refractivity (Wildman–Crippen MR) is 114 cm³/mol. The van der Waals surface area contributed by atoms with Crippen molar-refractivity contribution in [3.8, 4) is 0 Å². The van der Waals surface area contributed by atoms with Crippen LogP contribution in [0.4, 0.5) is 4.39 Å². The van der Waals surface area contributed by atoms with E-state index in [1.165, 1.54) is 6.07 Å². The van der Waals surface area contributed by atoms with Crippen molar-refractivity contribution in [2.75, 3.05) is 13.1 Å². The number of halogens is 1. The summed E-state index contributed by atoms with van der Waals surface area (Å²) in [5.74, 6) is 0.131. The van der Waals surface area contributed by atoms with Gasteiger partial charge in [0.25, 0.3) is 10.0 Å². The van der Waals surface area contributed by atoms with Crippen molar-refractivity contribution in [1.29, 1.82) is 0 Å². The first kappa shape index (κ1) is 20.2. The third kappa shape index (κ3) is 3.84. The molecule has 0 unspecified atom stereocenters. The lowest BCUT2D eigenvalue weighted by molar-refractivity contribution is -0.138. The van der Waals surface area contributed by atoms with E-state index in [0.717, 1.165) is 12.8 Å². The van der Waals surface area contributed by atoms with Crippen molar-refractivity contribution in [3.05, 3.63) is 65.5 Å². The maximum atomic E-state index is 14.1. The van der Waals surface area contributed by atoms with E-state index in [-0.39, 0.29) is 28.6 Å². The van der Waals surface area contributed by atoms with E-state index >= 15 is 0 Å². The topological polar surface area (TPSA) is 70.0 Å². The monoisotopic (exact) mass is 441 g/mol. The molecule has 1 aliphatic carbocycles. The molecule has 6 nitrogen and oxygen atoms in total. The Morgan fingerprint density at radius 3 is 2.42 bits per heavy atom. The number of sulfonamides is 1. The molecule has 2 fully saturated rings. The second-order valence-electron chi connectivity index (χ2n) is 8.44. The van der Waals surface area contributed by atoms with Gasteiger partial charge in [-0.2, -0.15) is 8.42 Å². The molecule has 2 aromatic rings. The van der Waals surface area contributed by atoms with Gasteiger partial charge in [-0.15, -0.1) is 4.40 Å². The number of carbonyl (C=O) groups is 1. The zero-order valence-corrected chi connectivity index (χ0v) is 17.9. The van der Waals surface area contributed by atoms with Crippen LogP contribution in [0.15, 0.2) is 57.8 Å². The minimum absolute atomic E-state index is 0.0757. The van der Waals surface area contributed by atoms with Crippen molar-refractivity contribution in [3.63, 3.8) is 0 Å². The van der Waals surface area contributed by atoms with Gasteiger partial charge >= 0.3 is 0 Å². The lowest BCUT2D eigenvalue weighted by Gasteiger charge is -2.35. The SMILES string of the molecule is O=C(C1CCN(C2=NS(=O)(=O)c3ccccc32)CC1)N(Cc1ccccc1F)C1CC1. The van der Waals surface area contributed by atoms with Gasteiger partial charge in [-0.1, -0.05) is 30.3 Å². The molecule has 0 atom stereocenters. The highest BCUT2D eigenvalue weighted by Gasteiger charge is 2.39. The number of fused-ring (bicyclic) bond motifs is 1. The van der Waals surface area contributed by atoms with Crippen molar-refractivity contribution in [1.82, 2.24) is 9.80 Å². The van der Waals surface area contributed by atoms with Crippen LogP contribution in [0.5, 0.6) is 0 Å². The number of benzene rings is 2. The molecule has 0 radical (unpaired) electrons. The Kier molecular flexibility index (Phi) is 5.04. The summed E-state index contributed by atoms with van der Waals surface area (Å²) >= 11 is 0. The largest absolute Gasteiger partial charge is 0.355 e. The molecule has 1 saturated heterocycles. The average molecular weight is 442 g/mol. The first-order valence-electron chi connectivity index (χ1n) is 10.7. The van der Waals surface area contributed by atoms with E-state index in [1.807, 2.05) is 15.9 Å². The molecule has 2 aliphatic heterocycles.